The van der Waals surface area contributed by atoms with Gasteiger partial charge in [0.15, 0.2) is 0 Å². The third kappa shape index (κ3) is 4.57. The van der Waals surface area contributed by atoms with E-state index in [1.165, 1.54) is 6.07 Å². The largest absolute Gasteiger partial charge is 0.507 e. The summed E-state index contributed by atoms with van der Waals surface area (Å²) >= 11 is 0. The zero-order chi connectivity index (χ0) is 24.4. The first-order chi connectivity index (χ1) is 17.0. The molecule has 4 heterocycles. The van der Waals surface area contributed by atoms with Crippen LogP contribution in [0.25, 0.3) is 0 Å². The van der Waals surface area contributed by atoms with Crippen molar-refractivity contribution in [2.75, 3.05) is 31.1 Å². The topological polar surface area (TPSA) is 74.7 Å². The fraction of sp³-hybridized carbons (Fsp3) is 0.259. The number of aromatic nitrogens is 2. The van der Waals surface area contributed by atoms with Gasteiger partial charge in [-0.25, -0.2) is 4.39 Å². The van der Waals surface area contributed by atoms with Crippen molar-refractivity contribution in [2.24, 2.45) is 0 Å². The van der Waals surface area contributed by atoms with E-state index in [-0.39, 0.29) is 23.7 Å². The van der Waals surface area contributed by atoms with Crippen LogP contribution in [0.2, 0.25) is 0 Å². The second-order valence-corrected chi connectivity index (χ2v) is 8.71. The van der Waals surface area contributed by atoms with Crippen LogP contribution in [0.4, 0.5) is 10.1 Å². The number of hydrogen-bond donors (Lipinski definition) is 1. The number of hydrogen-bond acceptors (Lipinski definition) is 6. The lowest BCUT2D eigenvalue weighted by Gasteiger charge is -2.40. The minimum atomic E-state index is -0.475. The molecule has 1 fully saturated rings. The first-order valence-corrected chi connectivity index (χ1v) is 11.6. The van der Waals surface area contributed by atoms with Crippen LogP contribution in [0.3, 0.4) is 0 Å². The molecule has 180 valence electrons. The molecule has 35 heavy (non-hydrogen) atoms. The van der Waals surface area contributed by atoms with Gasteiger partial charge in [-0.1, -0.05) is 12.1 Å². The van der Waals surface area contributed by atoms with E-state index in [0.717, 1.165) is 5.56 Å². The van der Waals surface area contributed by atoms with Gasteiger partial charge in [-0.3, -0.25) is 14.7 Å². The summed E-state index contributed by atoms with van der Waals surface area (Å²) < 4.78 is 21.4. The third-order valence-electron chi connectivity index (χ3n) is 6.58. The predicted octanol–water partition coefficient (Wildman–Crippen LogP) is 3.95. The Balaban J connectivity index is 1.52. The highest BCUT2D eigenvalue weighted by Gasteiger charge is 2.32. The molecular formula is C27H27FN4O3. The Bertz CT molecular complexity index is 1350. The lowest BCUT2D eigenvalue weighted by Crippen LogP contribution is -2.49. The summed E-state index contributed by atoms with van der Waals surface area (Å²) in [6.07, 6.45) is 4.95. The van der Waals surface area contributed by atoms with Crippen molar-refractivity contribution in [1.29, 1.82) is 0 Å². The average molecular weight is 475 g/mol. The van der Waals surface area contributed by atoms with E-state index in [9.17, 15) is 14.3 Å². The van der Waals surface area contributed by atoms with Crippen molar-refractivity contribution in [3.8, 4) is 5.75 Å². The number of aryl methyl sites for hydroxylation is 1. The molecular weight excluding hydrogens is 447 g/mol. The van der Waals surface area contributed by atoms with E-state index >= 15 is 0 Å². The molecule has 0 aliphatic carbocycles. The summed E-state index contributed by atoms with van der Waals surface area (Å²) in [6.45, 7) is 4.43. The summed E-state index contributed by atoms with van der Waals surface area (Å²) in [7, 11) is 0. The molecule has 1 aliphatic rings. The molecule has 1 saturated heterocycles. The second-order valence-electron chi connectivity index (χ2n) is 8.71. The highest BCUT2D eigenvalue weighted by molar-refractivity contribution is 5.48. The maximum atomic E-state index is 14.4. The summed E-state index contributed by atoms with van der Waals surface area (Å²) in [4.78, 5) is 22.1. The van der Waals surface area contributed by atoms with Crippen molar-refractivity contribution < 1.29 is 13.9 Å². The number of piperazine rings is 1. The molecule has 0 saturated carbocycles. The van der Waals surface area contributed by atoms with Gasteiger partial charge in [0.25, 0.3) is 5.56 Å². The molecule has 0 bridgehead atoms. The van der Waals surface area contributed by atoms with Gasteiger partial charge in [-0.15, -0.1) is 0 Å². The van der Waals surface area contributed by atoms with E-state index < -0.39 is 6.04 Å². The highest BCUT2D eigenvalue weighted by atomic mass is 19.1. The lowest BCUT2D eigenvalue weighted by molar-refractivity contribution is 0.207. The predicted molar refractivity (Wildman–Crippen MR) is 131 cm³/mol. The number of pyridine rings is 2. The van der Waals surface area contributed by atoms with E-state index in [4.69, 9.17) is 4.42 Å². The van der Waals surface area contributed by atoms with Crippen molar-refractivity contribution in [3.63, 3.8) is 0 Å². The molecule has 1 N–H and O–H groups in total. The van der Waals surface area contributed by atoms with Gasteiger partial charge in [0.1, 0.15) is 17.3 Å². The van der Waals surface area contributed by atoms with E-state index in [1.54, 1.807) is 54.4 Å². The SMILES string of the molecule is Cc1cc(O)c([C@@H](c2ccncc2)N2CCN(c3ccccc3F)CC2)c(=O)n1Cc1ccco1. The van der Waals surface area contributed by atoms with Crippen LogP contribution in [0, 0.1) is 12.7 Å². The summed E-state index contributed by atoms with van der Waals surface area (Å²) in [5.41, 5.74) is 2.13. The van der Waals surface area contributed by atoms with Crippen LogP contribution in [0.1, 0.15) is 28.6 Å². The van der Waals surface area contributed by atoms with Gasteiger partial charge < -0.3 is 19.0 Å². The van der Waals surface area contributed by atoms with Crippen molar-refractivity contribution in [3.05, 3.63) is 112 Å². The van der Waals surface area contributed by atoms with Gasteiger partial charge >= 0.3 is 0 Å². The van der Waals surface area contributed by atoms with Crippen molar-refractivity contribution in [1.82, 2.24) is 14.5 Å². The van der Waals surface area contributed by atoms with Crippen LogP contribution in [0.15, 0.2) is 82.5 Å². The average Bonchev–Trinajstić information content (AvgIpc) is 3.39. The summed E-state index contributed by atoms with van der Waals surface area (Å²) in [6, 6.07) is 15.2. The number of nitrogens with zero attached hydrogens (tertiary/aromatic N) is 4. The standard InChI is InChI=1S/C27H27FN4O3/c1-19-17-24(33)25(27(34)32(19)18-21-5-4-16-35-21)26(20-8-10-29-11-9-20)31-14-12-30(13-15-31)23-7-3-2-6-22(23)28/h2-11,16-17,26,33H,12-15,18H2,1H3/t26-/m1/s1. The Morgan fingerprint density at radius 2 is 1.80 bits per heavy atom. The molecule has 0 amide bonds. The van der Waals surface area contributed by atoms with Crippen LogP contribution in [-0.2, 0) is 6.54 Å². The molecule has 1 atom stereocenters. The Morgan fingerprint density at radius 1 is 1.06 bits per heavy atom. The molecule has 0 radical (unpaired) electrons. The molecule has 1 aromatic carbocycles. The van der Waals surface area contributed by atoms with Gasteiger partial charge in [0, 0.05) is 44.3 Å². The quantitative estimate of drug-likeness (QED) is 0.456. The minimum absolute atomic E-state index is 0.0402. The maximum absolute atomic E-state index is 14.4. The van der Waals surface area contributed by atoms with Crippen molar-refractivity contribution in [2.45, 2.75) is 19.5 Å². The van der Waals surface area contributed by atoms with Crippen molar-refractivity contribution >= 4 is 5.69 Å². The number of anilines is 1. The number of benzene rings is 1. The number of furan rings is 1. The highest BCUT2D eigenvalue weighted by Crippen LogP contribution is 2.34. The zero-order valence-electron chi connectivity index (χ0n) is 19.5. The van der Waals surface area contributed by atoms with E-state index in [0.29, 0.717) is 48.9 Å². The third-order valence-corrected chi connectivity index (χ3v) is 6.58. The molecule has 5 rings (SSSR count). The number of rotatable bonds is 6. The Hall–Kier alpha value is -3.91. The maximum Gasteiger partial charge on any atom is 0.260 e. The van der Waals surface area contributed by atoms with Gasteiger partial charge in [-0.2, -0.15) is 0 Å². The number of aromatic hydroxyl groups is 1. The fourth-order valence-electron chi connectivity index (χ4n) is 4.82. The molecule has 3 aromatic heterocycles. The smallest absolute Gasteiger partial charge is 0.260 e. The minimum Gasteiger partial charge on any atom is -0.507 e. The first-order valence-electron chi connectivity index (χ1n) is 11.6. The monoisotopic (exact) mass is 474 g/mol. The van der Waals surface area contributed by atoms with Crippen LogP contribution in [-0.4, -0.2) is 45.7 Å². The molecule has 0 unspecified atom stereocenters. The summed E-state index contributed by atoms with van der Waals surface area (Å²) in [5, 5.41) is 11.0. The van der Waals surface area contributed by atoms with Gasteiger partial charge in [0.2, 0.25) is 0 Å². The Labute approximate surface area is 202 Å². The fourth-order valence-corrected chi connectivity index (χ4v) is 4.82. The second kappa shape index (κ2) is 9.76. The van der Waals surface area contributed by atoms with Gasteiger partial charge in [-0.05, 0) is 55.0 Å². The van der Waals surface area contributed by atoms with E-state index in [2.05, 4.69) is 9.88 Å². The molecule has 7 nitrogen and oxygen atoms in total. The molecule has 1 aliphatic heterocycles. The molecule has 8 heteroatoms. The molecule has 0 spiro atoms. The van der Waals surface area contributed by atoms with E-state index in [1.807, 2.05) is 29.2 Å². The number of halogens is 1. The van der Waals surface area contributed by atoms with Gasteiger partial charge in [0.05, 0.1) is 30.1 Å². The van der Waals surface area contributed by atoms with Crippen LogP contribution >= 0.6 is 0 Å². The lowest BCUT2D eigenvalue weighted by atomic mass is 9.96. The van der Waals surface area contributed by atoms with Crippen LogP contribution < -0.4 is 10.5 Å². The zero-order valence-corrected chi connectivity index (χ0v) is 19.5. The van der Waals surface area contributed by atoms with Crippen LogP contribution in [0.5, 0.6) is 5.75 Å². The number of para-hydroxylation sites is 1. The Kier molecular flexibility index (Phi) is 6.37. The summed E-state index contributed by atoms with van der Waals surface area (Å²) in [5.74, 6) is 0.371. The normalized spacial score (nSPS) is 15.3. The first kappa shape index (κ1) is 22.9. The Morgan fingerprint density at radius 3 is 2.49 bits per heavy atom. The molecule has 4 aromatic rings.